The predicted molar refractivity (Wildman–Crippen MR) is 83.5 cm³/mol. The summed E-state index contributed by atoms with van der Waals surface area (Å²) >= 11 is 3.25. The third-order valence-corrected chi connectivity index (χ3v) is 4.42. The van der Waals surface area contributed by atoms with Crippen LogP contribution >= 0.6 is 15.9 Å². The second-order valence-electron chi connectivity index (χ2n) is 4.25. The van der Waals surface area contributed by atoms with Gasteiger partial charge in [0.2, 0.25) is 10.0 Å². The first-order chi connectivity index (χ1) is 9.87. The molecule has 21 heavy (non-hydrogen) atoms. The van der Waals surface area contributed by atoms with Gasteiger partial charge in [0, 0.05) is 21.8 Å². The van der Waals surface area contributed by atoms with Crippen molar-refractivity contribution in [2.75, 3.05) is 4.72 Å². The van der Waals surface area contributed by atoms with Crippen LogP contribution in [-0.2, 0) is 15.8 Å². The minimum Gasteiger partial charge on any atom is -0.283 e. The molecule has 0 fully saturated rings. The minimum atomic E-state index is -3.73. The number of nitrogens with one attached hydrogen (secondary N) is 1. The molecule has 0 atom stereocenters. The molecule has 0 heterocycles. The fourth-order valence-electron chi connectivity index (χ4n) is 1.75. The van der Waals surface area contributed by atoms with Crippen LogP contribution in [0.5, 0.6) is 0 Å². The lowest BCUT2D eigenvalue weighted by atomic mass is 10.2. The van der Waals surface area contributed by atoms with Crippen molar-refractivity contribution in [3.05, 3.63) is 68.7 Å². The minimum absolute atomic E-state index is 0.145. The summed E-state index contributed by atoms with van der Waals surface area (Å²) in [4.78, 5) is 10.3. The Morgan fingerprint density at radius 1 is 1.10 bits per heavy atom. The van der Waals surface area contributed by atoms with E-state index in [0.717, 1.165) is 4.47 Å². The number of nitrogens with zero attached hydrogens (tertiary/aromatic N) is 1. The first kappa shape index (κ1) is 15.5. The number of sulfonamides is 1. The number of halogens is 1. The van der Waals surface area contributed by atoms with Crippen LogP contribution in [0.25, 0.3) is 0 Å². The Bertz CT molecular complexity index is 760. The third-order valence-electron chi connectivity index (χ3n) is 2.65. The number of para-hydroxylation sites is 1. The highest BCUT2D eigenvalue weighted by atomic mass is 79.9. The average Bonchev–Trinajstić information content (AvgIpc) is 2.41. The van der Waals surface area contributed by atoms with Crippen molar-refractivity contribution in [3.63, 3.8) is 0 Å². The fourth-order valence-corrected chi connectivity index (χ4v) is 3.23. The SMILES string of the molecule is O=[N+]([O-])c1ccccc1CS(=O)(=O)Nc1ccc(Br)cc1. The quantitative estimate of drug-likeness (QED) is 0.645. The number of rotatable bonds is 5. The van der Waals surface area contributed by atoms with E-state index in [1.165, 1.54) is 18.2 Å². The van der Waals surface area contributed by atoms with E-state index in [0.29, 0.717) is 5.69 Å². The van der Waals surface area contributed by atoms with Crippen molar-refractivity contribution < 1.29 is 13.3 Å². The second-order valence-corrected chi connectivity index (χ2v) is 6.89. The molecule has 0 unspecified atom stereocenters. The first-order valence-electron chi connectivity index (χ1n) is 5.86. The number of nitro benzene ring substituents is 1. The zero-order valence-corrected chi connectivity index (χ0v) is 13.1. The highest BCUT2D eigenvalue weighted by Crippen LogP contribution is 2.22. The van der Waals surface area contributed by atoms with Gasteiger partial charge in [-0.05, 0) is 24.3 Å². The molecular weight excluding hydrogens is 360 g/mol. The number of hydrogen-bond acceptors (Lipinski definition) is 4. The van der Waals surface area contributed by atoms with Crippen LogP contribution in [0.15, 0.2) is 53.0 Å². The maximum atomic E-state index is 12.1. The number of anilines is 1. The van der Waals surface area contributed by atoms with E-state index in [2.05, 4.69) is 20.7 Å². The highest BCUT2D eigenvalue weighted by Gasteiger charge is 2.19. The van der Waals surface area contributed by atoms with Gasteiger partial charge in [-0.1, -0.05) is 34.1 Å². The lowest BCUT2D eigenvalue weighted by Gasteiger charge is -2.08. The number of nitro groups is 1. The van der Waals surface area contributed by atoms with Crippen molar-refractivity contribution in [1.29, 1.82) is 0 Å². The molecule has 0 saturated heterocycles. The Kier molecular flexibility index (Phi) is 4.59. The topological polar surface area (TPSA) is 89.3 Å². The van der Waals surface area contributed by atoms with E-state index < -0.39 is 20.7 Å². The normalized spacial score (nSPS) is 11.1. The zero-order valence-electron chi connectivity index (χ0n) is 10.7. The smallest absolute Gasteiger partial charge is 0.273 e. The summed E-state index contributed by atoms with van der Waals surface area (Å²) in [6.07, 6.45) is 0. The third kappa shape index (κ3) is 4.27. The van der Waals surface area contributed by atoms with E-state index in [-0.39, 0.29) is 11.3 Å². The van der Waals surface area contributed by atoms with Crippen LogP contribution < -0.4 is 4.72 Å². The first-order valence-corrected chi connectivity index (χ1v) is 8.30. The van der Waals surface area contributed by atoms with Crippen LogP contribution in [0.1, 0.15) is 5.56 Å². The molecule has 0 aromatic heterocycles. The molecule has 0 radical (unpaired) electrons. The van der Waals surface area contributed by atoms with Crippen molar-refractivity contribution in [2.24, 2.45) is 0 Å². The standard InChI is InChI=1S/C13H11BrN2O4S/c14-11-5-7-12(8-6-11)15-21(19,20)9-10-3-1-2-4-13(10)16(17)18/h1-8,15H,9H2. The summed E-state index contributed by atoms with van der Waals surface area (Å²) in [5.41, 5.74) is 0.336. The van der Waals surface area contributed by atoms with Gasteiger partial charge in [-0.15, -0.1) is 0 Å². The Morgan fingerprint density at radius 2 is 1.71 bits per heavy atom. The van der Waals surface area contributed by atoms with Crippen molar-refractivity contribution >= 4 is 37.3 Å². The summed E-state index contributed by atoms with van der Waals surface area (Å²) in [5.74, 6) is -0.458. The Balaban J connectivity index is 2.22. The molecular formula is C13H11BrN2O4S. The Labute approximate surface area is 130 Å². The van der Waals surface area contributed by atoms with Gasteiger partial charge in [-0.25, -0.2) is 8.42 Å². The summed E-state index contributed by atoms with van der Waals surface area (Å²) in [6.45, 7) is 0. The summed E-state index contributed by atoms with van der Waals surface area (Å²) in [5, 5.41) is 10.9. The van der Waals surface area contributed by atoms with E-state index in [1.54, 1.807) is 30.3 Å². The second kappa shape index (κ2) is 6.23. The molecule has 2 aromatic rings. The molecule has 8 heteroatoms. The monoisotopic (exact) mass is 370 g/mol. The van der Waals surface area contributed by atoms with Gasteiger partial charge in [-0.2, -0.15) is 0 Å². The molecule has 1 N–H and O–H groups in total. The van der Waals surface area contributed by atoms with Gasteiger partial charge in [0.1, 0.15) is 5.75 Å². The maximum Gasteiger partial charge on any atom is 0.273 e. The van der Waals surface area contributed by atoms with Crippen LogP contribution in [0.2, 0.25) is 0 Å². The largest absolute Gasteiger partial charge is 0.283 e. The highest BCUT2D eigenvalue weighted by molar-refractivity contribution is 9.10. The Morgan fingerprint density at radius 3 is 2.33 bits per heavy atom. The molecule has 0 aliphatic carbocycles. The molecule has 0 bridgehead atoms. The van der Waals surface area contributed by atoms with E-state index in [4.69, 9.17) is 0 Å². The molecule has 6 nitrogen and oxygen atoms in total. The molecule has 2 aromatic carbocycles. The van der Waals surface area contributed by atoms with E-state index >= 15 is 0 Å². The molecule has 110 valence electrons. The van der Waals surface area contributed by atoms with Gasteiger partial charge >= 0.3 is 0 Å². The predicted octanol–water partition coefficient (Wildman–Crippen LogP) is 3.30. The summed E-state index contributed by atoms with van der Waals surface area (Å²) < 4.78 is 27.4. The lowest BCUT2D eigenvalue weighted by molar-refractivity contribution is -0.385. The molecule has 0 spiro atoms. The number of benzene rings is 2. The zero-order chi connectivity index (χ0) is 15.5. The van der Waals surface area contributed by atoms with Crippen molar-refractivity contribution in [2.45, 2.75) is 5.75 Å². The molecule has 0 aliphatic rings. The van der Waals surface area contributed by atoms with Gasteiger partial charge in [0.15, 0.2) is 0 Å². The average molecular weight is 371 g/mol. The van der Waals surface area contributed by atoms with Crippen LogP contribution in [0.4, 0.5) is 11.4 Å². The molecule has 0 saturated carbocycles. The summed E-state index contributed by atoms with van der Waals surface area (Å²) in [7, 11) is -3.73. The lowest BCUT2D eigenvalue weighted by Crippen LogP contribution is -2.15. The van der Waals surface area contributed by atoms with Gasteiger partial charge < -0.3 is 0 Å². The number of hydrogen-bond donors (Lipinski definition) is 1. The fraction of sp³-hybridized carbons (Fsp3) is 0.0769. The van der Waals surface area contributed by atoms with E-state index in [9.17, 15) is 18.5 Å². The van der Waals surface area contributed by atoms with E-state index in [1.807, 2.05) is 0 Å². The molecule has 0 amide bonds. The van der Waals surface area contributed by atoms with Crippen molar-refractivity contribution in [1.82, 2.24) is 0 Å². The van der Waals surface area contributed by atoms with Crippen molar-refractivity contribution in [3.8, 4) is 0 Å². The van der Waals surface area contributed by atoms with Gasteiger partial charge in [0.25, 0.3) is 5.69 Å². The van der Waals surface area contributed by atoms with Gasteiger partial charge in [-0.3, -0.25) is 14.8 Å². The molecule has 2 rings (SSSR count). The van der Waals surface area contributed by atoms with Crippen LogP contribution in [-0.4, -0.2) is 13.3 Å². The Hall–Kier alpha value is -1.93. The summed E-state index contributed by atoms with van der Waals surface area (Å²) in [6, 6.07) is 12.4. The van der Waals surface area contributed by atoms with Gasteiger partial charge in [0.05, 0.1) is 4.92 Å². The van der Waals surface area contributed by atoms with Crippen LogP contribution in [0, 0.1) is 10.1 Å². The molecule has 0 aliphatic heterocycles. The maximum absolute atomic E-state index is 12.1. The van der Waals surface area contributed by atoms with Crippen LogP contribution in [0.3, 0.4) is 0 Å².